The lowest BCUT2D eigenvalue weighted by Crippen LogP contribution is -1.84. The number of aryl methyl sites for hydroxylation is 1. The third-order valence-electron chi connectivity index (χ3n) is 2.69. The molecule has 2 aromatic carbocycles. The molecule has 0 radical (unpaired) electrons. The molecule has 0 aliphatic carbocycles. The first-order valence-corrected chi connectivity index (χ1v) is 5.48. The first-order valence-electron chi connectivity index (χ1n) is 5.48. The minimum absolute atomic E-state index is 0.722. The van der Waals surface area contributed by atoms with Crippen molar-refractivity contribution in [1.29, 1.82) is 0 Å². The second-order valence-corrected chi connectivity index (χ2v) is 3.80. The standard InChI is InChI=1S/C15H14O/c1-2-12-5-3-7-14(9-12)15-8-4-6-13(10-15)11-16/h3-11H,2H2,1H3. The van der Waals surface area contributed by atoms with Crippen molar-refractivity contribution in [3.8, 4) is 11.1 Å². The fourth-order valence-corrected chi connectivity index (χ4v) is 1.76. The fraction of sp³-hybridized carbons (Fsp3) is 0.133. The van der Waals surface area contributed by atoms with Crippen LogP contribution in [0.1, 0.15) is 22.8 Å². The van der Waals surface area contributed by atoms with Crippen LogP contribution in [-0.2, 0) is 6.42 Å². The molecule has 0 amide bonds. The van der Waals surface area contributed by atoms with Crippen LogP contribution in [0.2, 0.25) is 0 Å². The van der Waals surface area contributed by atoms with Gasteiger partial charge in [0.25, 0.3) is 0 Å². The van der Waals surface area contributed by atoms with E-state index in [0.29, 0.717) is 0 Å². The molecule has 0 bridgehead atoms. The summed E-state index contributed by atoms with van der Waals surface area (Å²) in [4.78, 5) is 10.7. The summed E-state index contributed by atoms with van der Waals surface area (Å²) >= 11 is 0. The van der Waals surface area contributed by atoms with Crippen molar-refractivity contribution < 1.29 is 4.79 Å². The van der Waals surface area contributed by atoms with Crippen LogP contribution in [0.5, 0.6) is 0 Å². The van der Waals surface area contributed by atoms with Gasteiger partial charge in [0.05, 0.1) is 0 Å². The summed E-state index contributed by atoms with van der Waals surface area (Å²) in [6, 6.07) is 16.1. The van der Waals surface area contributed by atoms with Crippen molar-refractivity contribution in [2.24, 2.45) is 0 Å². The van der Waals surface area contributed by atoms with Crippen molar-refractivity contribution in [2.75, 3.05) is 0 Å². The molecule has 0 aromatic heterocycles. The Morgan fingerprint density at radius 1 is 1.00 bits per heavy atom. The average molecular weight is 210 g/mol. The summed E-state index contributed by atoms with van der Waals surface area (Å²) in [5.41, 5.74) is 4.30. The largest absolute Gasteiger partial charge is 0.298 e. The van der Waals surface area contributed by atoms with E-state index in [9.17, 15) is 4.79 Å². The van der Waals surface area contributed by atoms with Gasteiger partial charge < -0.3 is 0 Å². The van der Waals surface area contributed by atoms with Gasteiger partial charge in [-0.3, -0.25) is 4.79 Å². The number of carbonyl (C=O) groups excluding carboxylic acids is 1. The van der Waals surface area contributed by atoms with Crippen LogP contribution in [0.25, 0.3) is 11.1 Å². The number of aldehydes is 1. The zero-order valence-corrected chi connectivity index (χ0v) is 9.31. The van der Waals surface area contributed by atoms with Gasteiger partial charge in [-0.25, -0.2) is 0 Å². The van der Waals surface area contributed by atoms with E-state index in [1.54, 1.807) is 0 Å². The minimum atomic E-state index is 0.722. The molecule has 0 spiro atoms. The summed E-state index contributed by atoms with van der Waals surface area (Å²) in [5.74, 6) is 0. The molecule has 1 heteroatoms. The number of hydrogen-bond acceptors (Lipinski definition) is 1. The molecule has 0 unspecified atom stereocenters. The van der Waals surface area contributed by atoms with E-state index in [0.717, 1.165) is 23.8 Å². The van der Waals surface area contributed by atoms with Gasteiger partial charge in [0.2, 0.25) is 0 Å². The van der Waals surface area contributed by atoms with E-state index in [4.69, 9.17) is 0 Å². The maximum Gasteiger partial charge on any atom is 0.150 e. The Morgan fingerprint density at radius 3 is 2.38 bits per heavy atom. The smallest absolute Gasteiger partial charge is 0.150 e. The van der Waals surface area contributed by atoms with Crippen LogP contribution >= 0.6 is 0 Å². The highest BCUT2D eigenvalue weighted by molar-refractivity contribution is 5.78. The quantitative estimate of drug-likeness (QED) is 0.705. The molecule has 0 aliphatic heterocycles. The van der Waals surface area contributed by atoms with E-state index in [1.165, 1.54) is 11.1 Å². The SMILES string of the molecule is CCc1cccc(-c2cccc(C=O)c2)c1. The van der Waals surface area contributed by atoms with Crippen molar-refractivity contribution in [1.82, 2.24) is 0 Å². The Balaban J connectivity index is 2.45. The summed E-state index contributed by atoms with van der Waals surface area (Å²) < 4.78 is 0. The summed E-state index contributed by atoms with van der Waals surface area (Å²) in [6.45, 7) is 2.14. The van der Waals surface area contributed by atoms with Crippen LogP contribution in [0, 0.1) is 0 Å². The minimum Gasteiger partial charge on any atom is -0.298 e. The highest BCUT2D eigenvalue weighted by atomic mass is 16.1. The van der Waals surface area contributed by atoms with Crippen molar-refractivity contribution >= 4 is 6.29 Å². The lowest BCUT2D eigenvalue weighted by molar-refractivity contribution is 0.112. The molecular formula is C15H14O. The molecule has 0 heterocycles. The monoisotopic (exact) mass is 210 g/mol. The molecule has 80 valence electrons. The highest BCUT2D eigenvalue weighted by Gasteiger charge is 1.99. The van der Waals surface area contributed by atoms with Crippen molar-refractivity contribution in [2.45, 2.75) is 13.3 Å². The van der Waals surface area contributed by atoms with Crippen LogP contribution in [-0.4, -0.2) is 6.29 Å². The Hall–Kier alpha value is -1.89. The van der Waals surface area contributed by atoms with Gasteiger partial charge in [-0.2, -0.15) is 0 Å². The van der Waals surface area contributed by atoms with Crippen LogP contribution in [0.4, 0.5) is 0 Å². The lowest BCUT2D eigenvalue weighted by Gasteiger charge is -2.04. The van der Waals surface area contributed by atoms with E-state index in [2.05, 4.69) is 31.2 Å². The summed E-state index contributed by atoms with van der Waals surface area (Å²) in [7, 11) is 0. The van der Waals surface area contributed by atoms with E-state index in [-0.39, 0.29) is 0 Å². The molecule has 16 heavy (non-hydrogen) atoms. The molecule has 0 saturated heterocycles. The molecule has 0 N–H and O–H groups in total. The molecule has 0 fully saturated rings. The van der Waals surface area contributed by atoms with Crippen LogP contribution < -0.4 is 0 Å². The summed E-state index contributed by atoms with van der Waals surface area (Å²) in [6.07, 6.45) is 1.91. The topological polar surface area (TPSA) is 17.1 Å². The van der Waals surface area contributed by atoms with E-state index in [1.807, 2.05) is 24.3 Å². The second kappa shape index (κ2) is 4.75. The first kappa shape index (κ1) is 10.6. The van der Waals surface area contributed by atoms with Crippen molar-refractivity contribution in [3.05, 3.63) is 59.7 Å². The van der Waals surface area contributed by atoms with Crippen LogP contribution in [0.3, 0.4) is 0 Å². The first-order chi connectivity index (χ1) is 7.83. The van der Waals surface area contributed by atoms with E-state index >= 15 is 0 Å². The number of hydrogen-bond donors (Lipinski definition) is 0. The highest BCUT2D eigenvalue weighted by Crippen LogP contribution is 2.21. The third-order valence-corrected chi connectivity index (χ3v) is 2.69. The molecule has 2 aromatic rings. The number of carbonyl (C=O) groups is 1. The molecular weight excluding hydrogens is 196 g/mol. The number of benzene rings is 2. The molecule has 0 saturated carbocycles. The Bertz CT molecular complexity index is 500. The van der Waals surface area contributed by atoms with Gasteiger partial charge in [0.1, 0.15) is 6.29 Å². The number of rotatable bonds is 3. The fourth-order valence-electron chi connectivity index (χ4n) is 1.76. The van der Waals surface area contributed by atoms with Gasteiger partial charge in [-0.1, -0.05) is 49.4 Å². The third kappa shape index (κ3) is 2.19. The lowest BCUT2D eigenvalue weighted by atomic mass is 10.0. The van der Waals surface area contributed by atoms with Gasteiger partial charge >= 0.3 is 0 Å². The van der Waals surface area contributed by atoms with Gasteiger partial charge in [-0.05, 0) is 29.2 Å². The Kier molecular flexibility index (Phi) is 3.16. The Morgan fingerprint density at radius 2 is 1.69 bits per heavy atom. The molecule has 0 atom stereocenters. The molecule has 2 rings (SSSR count). The van der Waals surface area contributed by atoms with Crippen LogP contribution in [0.15, 0.2) is 48.5 Å². The van der Waals surface area contributed by atoms with Gasteiger partial charge in [0.15, 0.2) is 0 Å². The average Bonchev–Trinajstić information content (AvgIpc) is 2.39. The van der Waals surface area contributed by atoms with Crippen molar-refractivity contribution in [3.63, 3.8) is 0 Å². The summed E-state index contributed by atoms with van der Waals surface area (Å²) in [5, 5.41) is 0. The zero-order valence-electron chi connectivity index (χ0n) is 9.31. The van der Waals surface area contributed by atoms with Gasteiger partial charge in [0, 0.05) is 5.56 Å². The second-order valence-electron chi connectivity index (χ2n) is 3.80. The van der Waals surface area contributed by atoms with Gasteiger partial charge in [-0.15, -0.1) is 0 Å². The zero-order chi connectivity index (χ0) is 11.4. The predicted octanol–water partition coefficient (Wildman–Crippen LogP) is 3.73. The predicted molar refractivity (Wildman–Crippen MR) is 66.6 cm³/mol. The Labute approximate surface area is 95.7 Å². The normalized spacial score (nSPS) is 10.1. The molecule has 1 nitrogen and oxygen atoms in total. The van der Waals surface area contributed by atoms with E-state index < -0.39 is 0 Å². The maximum atomic E-state index is 10.7. The maximum absolute atomic E-state index is 10.7. The molecule has 0 aliphatic rings.